The number of rotatable bonds is 7. The summed E-state index contributed by atoms with van der Waals surface area (Å²) < 4.78 is 19.4. The van der Waals surface area contributed by atoms with Crippen molar-refractivity contribution in [1.82, 2.24) is 10.3 Å². The summed E-state index contributed by atoms with van der Waals surface area (Å²) in [5, 5.41) is 37.2. The quantitative estimate of drug-likeness (QED) is 0.114. The Morgan fingerprint density at radius 1 is 1.11 bits per heavy atom. The van der Waals surface area contributed by atoms with Gasteiger partial charge >= 0.3 is 11.9 Å². The standard InChI is InChI=1S/C45H58N2O10/c1-7-27-22-45-39(50)35(42(54)57-45)38(49)44(8-2)28(13-10-9-12-24(3)21-43(45,6)23-30(27)41(52)53)16-17-29-31(44)18-15-25(4)37(29)56-34-20-33(48)36(26(5)55-34)47-40(51)32-14-11-19-46-32/h9-11,14,16-17,19,21,23,25-29,31,33-34,36-37,46,48-49H,7-8,12-13,15,18,20,22H2,1-6H3,(H,47,51)(H,52,53)/b10-9+,24-21+,38-35-. The van der Waals surface area contributed by atoms with Gasteiger partial charge in [-0.2, -0.15) is 0 Å². The van der Waals surface area contributed by atoms with E-state index in [9.17, 15) is 29.7 Å². The van der Waals surface area contributed by atoms with E-state index < -0.39 is 64.6 Å². The number of aliphatic carboxylic acids is 1. The molecule has 1 saturated carbocycles. The minimum absolute atomic E-state index is 0.0107. The molecule has 1 spiro atoms. The lowest BCUT2D eigenvalue weighted by atomic mass is 9.51. The largest absolute Gasteiger partial charge is 0.511 e. The van der Waals surface area contributed by atoms with Crippen LogP contribution in [0.25, 0.3) is 0 Å². The van der Waals surface area contributed by atoms with E-state index in [0.29, 0.717) is 37.8 Å². The summed E-state index contributed by atoms with van der Waals surface area (Å²) >= 11 is 0. The van der Waals surface area contributed by atoms with Crippen molar-refractivity contribution in [2.24, 2.45) is 40.4 Å². The third kappa shape index (κ3) is 6.75. The highest BCUT2D eigenvalue weighted by Crippen LogP contribution is 2.61. The molecule has 2 saturated heterocycles. The Morgan fingerprint density at radius 3 is 2.54 bits per heavy atom. The van der Waals surface area contributed by atoms with Crippen LogP contribution < -0.4 is 5.32 Å². The molecule has 7 rings (SSSR count). The van der Waals surface area contributed by atoms with Gasteiger partial charge in [-0.1, -0.05) is 62.8 Å². The van der Waals surface area contributed by atoms with E-state index in [1.54, 1.807) is 38.3 Å². The van der Waals surface area contributed by atoms with Crippen molar-refractivity contribution < 1.29 is 48.7 Å². The average Bonchev–Trinajstić information content (AvgIpc) is 3.79. The van der Waals surface area contributed by atoms with Crippen LogP contribution >= 0.6 is 0 Å². The number of aromatic nitrogens is 1. The van der Waals surface area contributed by atoms with Gasteiger partial charge in [0.2, 0.25) is 5.78 Å². The molecular formula is C45H58N2O10. The predicted molar refractivity (Wildman–Crippen MR) is 210 cm³/mol. The van der Waals surface area contributed by atoms with Gasteiger partial charge in [0.1, 0.15) is 17.0 Å². The molecule has 4 aliphatic carbocycles. The average molecular weight is 787 g/mol. The molecule has 3 fully saturated rings. The summed E-state index contributed by atoms with van der Waals surface area (Å²) in [4.78, 5) is 57.6. The molecule has 13 atom stereocenters. The van der Waals surface area contributed by atoms with Crippen LogP contribution in [-0.4, -0.2) is 80.2 Å². The number of hydrogen-bond donors (Lipinski definition) is 5. The zero-order valence-corrected chi connectivity index (χ0v) is 33.8. The minimum atomic E-state index is -1.73. The number of aromatic amines is 1. The van der Waals surface area contributed by atoms with E-state index in [1.165, 1.54) is 0 Å². The van der Waals surface area contributed by atoms with Gasteiger partial charge in [0, 0.05) is 35.9 Å². The molecule has 1 aromatic rings. The van der Waals surface area contributed by atoms with Crippen molar-refractivity contribution in [3.8, 4) is 0 Å². The first kappa shape index (κ1) is 40.9. The van der Waals surface area contributed by atoms with E-state index in [4.69, 9.17) is 14.2 Å². The number of carboxylic acids is 1. The van der Waals surface area contributed by atoms with Gasteiger partial charge in [0.25, 0.3) is 5.91 Å². The van der Waals surface area contributed by atoms with Gasteiger partial charge in [-0.25, -0.2) is 9.59 Å². The van der Waals surface area contributed by atoms with Crippen LogP contribution in [0.1, 0.15) is 103 Å². The fourth-order valence-electron chi connectivity index (χ4n) is 11.3. The monoisotopic (exact) mass is 786 g/mol. The Balaban J connectivity index is 1.25. The lowest BCUT2D eigenvalue weighted by Crippen LogP contribution is -2.58. The molecule has 1 aromatic heterocycles. The molecular weight excluding hydrogens is 728 g/mol. The maximum atomic E-state index is 15.1. The summed E-state index contributed by atoms with van der Waals surface area (Å²) in [6, 6.07) is 2.74. The molecule has 2 bridgehead atoms. The van der Waals surface area contributed by atoms with Crippen LogP contribution in [0.5, 0.6) is 0 Å². The number of carboxylic acid groups (broad SMARTS) is 1. The number of Topliss-reactive ketones (excluding diaryl/α,β-unsaturated/α-hetero) is 1. The van der Waals surface area contributed by atoms with Gasteiger partial charge in [-0.15, -0.1) is 0 Å². The Bertz CT molecular complexity index is 1920. The second-order valence-electron chi connectivity index (χ2n) is 17.5. The van der Waals surface area contributed by atoms with Gasteiger partial charge in [0.05, 0.1) is 29.8 Å². The minimum Gasteiger partial charge on any atom is -0.511 e. The maximum Gasteiger partial charge on any atom is 0.346 e. The van der Waals surface area contributed by atoms with Crippen molar-refractivity contribution >= 4 is 23.6 Å². The second-order valence-corrected chi connectivity index (χ2v) is 17.5. The number of H-pyrrole nitrogens is 1. The number of allylic oxidation sites excluding steroid dienone is 5. The molecule has 6 aliphatic rings. The van der Waals surface area contributed by atoms with Gasteiger partial charge < -0.3 is 39.8 Å². The highest BCUT2D eigenvalue weighted by Gasteiger charge is 2.67. The predicted octanol–water partition coefficient (Wildman–Crippen LogP) is 6.66. The van der Waals surface area contributed by atoms with Gasteiger partial charge in [-0.05, 0) is 95.1 Å². The zero-order valence-electron chi connectivity index (χ0n) is 33.8. The first-order valence-corrected chi connectivity index (χ1v) is 20.7. The molecule has 1 amide bonds. The number of ketones is 1. The molecule has 0 aromatic carbocycles. The van der Waals surface area contributed by atoms with Crippen LogP contribution in [0.4, 0.5) is 0 Å². The number of carbonyl (C=O) groups is 4. The van der Waals surface area contributed by atoms with Gasteiger partial charge in [0.15, 0.2) is 11.9 Å². The summed E-state index contributed by atoms with van der Waals surface area (Å²) in [6.45, 7) is 11.5. The summed E-state index contributed by atoms with van der Waals surface area (Å²) in [5.74, 6) is -4.35. The van der Waals surface area contributed by atoms with E-state index >= 15 is 4.79 Å². The lowest BCUT2D eigenvalue weighted by Gasteiger charge is -2.55. The van der Waals surface area contributed by atoms with Crippen molar-refractivity contribution in [1.29, 1.82) is 0 Å². The normalized spacial score (nSPS) is 43.4. The Kier molecular flexibility index (Phi) is 11.1. The Morgan fingerprint density at radius 2 is 1.88 bits per heavy atom. The molecule has 3 heterocycles. The first-order chi connectivity index (χ1) is 27.1. The van der Waals surface area contributed by atoms with E-state index in [2.05, 4.69) is 41.5 Å². The fourth-order valence-corrected chi connectivity index (χ4v) is 11.3. The number of ether oxygens (including phenoxy) is 3. The summed E-state index contributed by atoms with van der Waals surface area (Å²) in [7, 11) is 0. The maximum absolute atomic E-state index is 15.1. The zero-order chi connectivity index (χ0) is 41.0. The van der Waals surface area contributed by atoms with E-state index in [0.717, 1.165) is 12.0 Å². The third-order valence-corrected chi connectivity index (χ3v) is 14.3. The van der Waals surface area contributed by atoms with Crippen molar-refractivity contribution in [2.45, 2.75) is 129 Å². The molecule has 2 aliphatic heterocycles. The number of nitrogens with one attached hydrogen (secondary N) is 2. The molecule has 308 valence electrons. The number of fused-ring (bicyclic) bond motifs is 4. The molecule has 13 unspecified atom stereocenters. The number of hydrogen-bond acceptors (Lipinski definition) is 9. The number of esters is 1. The van der Waals surface area contributed by atoms with Crippen molar-refractivity contribution in [3.05, 3.63) is 83.0 Å². The first-order valence-electron chi connectivity index (χ1n) is 20.7. The molecule has 12 heteroatoms. The van der Waals surface area contributed by atoms with Crippen molar-refractivity contribution in [2.75, 3.05) is 0 Å². The number of aliphatic hydroxyl groups is 2. The number of aliphatic hydroxyl groups excluding tert-OH is 2. The van der Waals surface area contributed by atoms with Crippen LogP contribution in [0.2, 0.25) is 0 Å². The number of amides is 1. The van der Waals surface area contributed by atoms with Crippen LogP contribution in [0, 0.1) is 40.4 Å². The smallest absolute Gasteiger partial charge is 0.346 e. The van der Waals surface area contributed by atoms with Crippen LogP contribution in [-0.2, 0) is 28.6 Å². The molecule has 57 heavy (non-hydrogen) atoms. The molecule has 5 N–H and O–H groups in total. The second kappa shape index (κ2) is 15.5. The molecule has 12 nitrogen and oxygen atoms in total. The van der Waals surface area contributed by atoms with Gasteiger partial charge in [-0.3, -0.25) is 9.59 Å². The topological polar surface area (TPSA) is 184 Å². The number of carbonyl (C=O) groups excluding carboxylic acids is 3. The van der Waals surface area contributed by atoms with Crippen molar-refractivity contribution in [3.63, 3.8) is 0 Å². The Labute approximate surface area is 334 Å². The Hall–Kier alpha value is -4.26. The fraction of sp³-hybridized carbons (Fsp3) is 0.600. The lowest BCUT2D eigenvalue weighted by molar-refractivity contribution is -0.258. The third-order valence-electron chi connectivity index (χ3n) is 14.3. The summed E-state index contributed by atoms with van der Waals surface area (Å²) in [5.41, 5.74) is -2.93. The van der Waals surface area contributed by atoms with Crippen LogP contribution in [0.15, 0.2) is 77.3 Å². The molecule has 0 radical (unpaired) electrons. The summed E-state index contributed by atoms with van der Waals surface area (Å²) in [6.07, 6.45) is 14.5. The van der Waals surface area contributed by atoms with E-state index in [-0.39, 0.29) is 65.4 Å². The van der Waals surface area contributed by atoms with Crippen LogP contribution in [0.3, 0.4) is 0 Å². The van der Waals surface area contributed by atoms with E-state index in [1.807, 2.05) is 26.8 Å². The SMILES string of the molecule is CCC1CC23OC(=O)/C(=C(\O)C4(CC)C(C=CC5C(OC6CC(O)C(NC(=O)c7ccc[nH]7)C(C)O6)C(C)CCC54)C/C=C/C/C(C)=C/C2(C)C=C1C(=O)O)C3=O. The highest BCUT2D eigenvalue weighted by molar-refractivity contribution is 6.26. The highest BCUT2D eigenvalue weighted by atomic mass is 16.7.